The van der Waals surface area contributed by atoms with Gasteiger partial charge in [0.1, 0.15) is 0 Å². The minimum absolute atomic E-state index is 0.00441. The first-order chi connectivity index (χ1) is 10.0. The molecule has 1 amide bonds. The molecule has 0 radical (unpaired) electrons. The summed E-state index contributed by atoms with van der Waals surface area (Å²) < 4.78 is 0. The Hall–Kier alpha value is -1.42. The van der Waals surface area contributed by atoms with E-state index in [9.17, 15) is 4.79 Å². The number of thiocarbonyl (C=S) groups is 1. The fourth-order valence-corrected chi connectivity index (χ4v) is 2.45. The standard InChI is InChI=1S/C17H26N2OS/c1-4-5-6-7-8-12-15(20)18-17(21)19-16-13(2)10-9-11-14(16)3/h9-11H,4-8,12H2,1-3H3,(H2,18,19,20,21). The molecule has 3 nitrogen and oxygen atoms in total. The Kier molecular flexibility index (Phi) is 7.98. The largest absolute Gasteiger partial charge is 0.332 e. The zero-order valence-electron chi connectivity index (χ0n) is 13.3. The first-order valence-corrected chi connectivity index (χ1v) is 8.12. The number of carbonyl (C=O) groups is 1. The molecule has 1 rings (SSSR count). The summed E-state index contributed by atoms with van der Waals surface area (Å²) in [6, 6.07) is 6.05. The smallest absolute Gasteiger partial charge is 0.226 e. The second-order valence-corrected chi connectivity index (χ2v) is 5.84. The summed E-state index contributed by atoms with van der Waals surface area (Å²) in [5.41, 5.74) is 3.21. The number of unbranched alkanes of at least 4 members (excludes halogenated alkanes) is 4. The molecule has 0 aliphatic carbocycles. The van der Waals surface area contributed by atoms with Crippen molar-refractivity contribution in [2.24, 2.45) is 0 Å². The molecule has 0 fully saturated rings. The van der Waals surface area contributed by atoms with Gasteiger partial charge >= 0.3 is 0 Å². The summed E-state index contributed by atoms with van der Waals surface area (Å²) in [6.45, 7) is 6.23. The predicted molar refractivity (Wildman–Crippen MR) is 93.7 cm³/mol. The summed E-state index contributed by atoms with van der Waals surface area (Å²) in [6.07, 6.45) is 6.24. The van der Waals surface area contributed by atoms with Gasteiger partial charge in [0.2, 0.25) is 5.91 Å². The molecule has 0 atom stereocenters. The van der Waals surface area contributed by atoms with Crippen LogP contribution in [0.3, 0.4) is 0 Å². The number of hydrogen-bond acceptors (Lipinski definition) is 2. The van der Waals surface area contributed by atoms with Crippen molar-refractivity contribution >= 4 is 28.9 Å². The van der Waals surface area contributed by atoms with Gasteiger partial charge in [-0.2, -0.15) is 0 Å². The topological polar surface area (TPSA) is 41.1 Å². The zero-order chi connectivity index (χ0) is 15.7. The highest BCUT2D eigenvalue weighted by molar-refractivity contribution is 7.80. The van der Waals surface area contributed by atoms with E-state index in [2.05, 4.69) is 17.6 Å². The minimum atomic E-state index is -0.00441. The van der Waals surface area contributed by atoms with Crippen LogP contribution in [0.2, 0.25) is 0 Å². The van der Waals surface area contributed by atoms with Crippen LogP contribution in [0.5, 0.6) is 0 Å². The first-order valence-electron chi connectivity index (χ1n) is 7.71. The molecule has 0 saturated carbocycles. The van der Waals surface area contributed by atoms with Crippen molar-refractivity contribution in [1.29, 1.82) is 0 Å². The SMILES string of the molecule is CCCCCCCC(=O)NC(=S)Nc1c(C)cccc1C. The van der Waals surface area contributed by atoms with Crippen LogP contribution in [0.25, 0.3) is 0 Å². The molecule has 1 aromatic rings. The molecule has 1 aromatic carbocycles. The normalized spacial score (nSPS) is 10.2. The Morgan fingerprint density at radius 2 is 1.71 bits per heavy atom. The van der Waals surface area contributed by atoms with Crippen molar-refractivity contribution < 1.29 is 4.79 Å². The number of amides is 1. The van der Waals surface area contributed by atoms with Crippen LogP contribution in [0, 0.1) is 13.8 Å². The van der Waals surface area contributed by atoms with E-state index >= 15 is 0 Å². The highest BCUT2D eigenvalue weighted by Crippen LogP contribution is 2.19. The third-order valence-electron chi connectivity index (χ3n) is 3.48. The molecule has 4 heteroatoms. The molecule has 0 bridgehead atoms. The molecular weight excluding hydrogens is 280 g/mol. The molecule has 0 unspecified atom stereocenters. The van der Waals surface area contributed by atoms with Gasteiger partial charge in [-0.3, -0.25) is 4.79 Å². The van der Waals surface area contributed by atoms with Crippen LogP contribution in [0.1, 0.15) is 56.6 Å². The third-order valence-corrected chi connectivity index (χ3v) is 3.68. The van der Waals surface area contributed by atoms with Gasteiger partial charge in [0.05, 0.1) is 0 Å². The highest BCUT2D eigenvalue weighted by Gasteiger charge is 2.07. The van der Waals surface area contributed by atoms with Gasteiger partial charge in [0.25, 0.3) is 0 Å². The number of carbonyl (C=O) groups excluding carboxylic acids is 1. The van der Waals surface area contributed by atoms with Crippen LogP contribution < -0.4 is 10.6 Å². The van der Waals surface area contributed by atoms with E-state index < -0.39 is 0 Å². The van der Waals surface area contributed by atoms with Crippen molar-refractivity contribution in [3.8, 4) is 0 Å². The van der Waals surface area contributed by atoms with Crippen molar-refractivity contribution in [3.63, 3.8) is 0 Å². The fourth-order valence-electron chi connectivity index (χ4n) is 2.23. The number of hydrogen-bond donors (Lipinski definition) is 2. The molecule has 2 N–H and O–H groups in total. The molecule has 0 aliphatic rings. The fraction of sp³-hybridized carbons (Fsp3) is 0.529. The van der Waals surface area contributed by atoms with E-state index in [-0.39, 0.29) is 5.91 Å². The Labute approximate surface area is 133 Å². The van der Waals surface area contributed by atoms with Crippen molar-refractivity contribution in [1.82, 2.24) is 5.32 Å². The number of benzene rings is 1. The van der Waals surface area contributed by atoms with Gasteiger partial charge in [-0.15, -0.1) is 0 Å². The molecule has 0 aliphatic heterocycles. The summed E-state index contributed by atoms with van der Waals surface area (Å²) in [5, 5.41) is 6.26. The summed E-state index contributed by atoms with van der Waals surface area (Å²) in [5.74, 6) is -0.00441. The number of nitrogens with one attached hydrogen (secondary N) is 2. The Bertz CT molecular complexity index is 465. The lowest BCUT2D eigenvalue weighted by Crippen LogP contribution is -2.34. The Morgan fingerprint density at radius 1 is 1.10 bits per heavy atom. The molecule has 0 saturated heterocycles. The maximum absolute atomic E-state index is 11.8. The monoisotopic (exact) mass is 306 g/mol. The summed E-state index contributed by atoms with van der Waals surface area (Å²) in [7, 11) is 0. The predicted octanol–water partition coefficient (Wildman–Crippen LogP) is 4.48. The molecular formula is C17H26N2OS. The van der Waals surface area contributed by atoms with Crippen LogP contribution in [-0.2, 0) is 4.79 Å². The van der Waals surface area contributed by atoms with E-state index in [0.717, 1.165) is 29.7 Å². The first kappa shape index (κ1) is 17.6. The lowest BCUT2D eigenvalue weighted by atomic mass is 10.1. The number of para-hydroxylation sites is 1. The second kappa shape index (κ2) is 9.50. The van der Waals surface area contributed by atoms with Gasteiger partial charge < -0.3 is 10.6 Å². The molecule has 0 aromatic heterocycles. The van der Waals surface area contributed by atoms with E-state index in [0.29, 0.717) is 11.5 Å². The molecule has 0 heterocycles. The van der Waals surface area contributed by atoms with Crippen LogP contribution in [0.15, 0.2) is 18.2 Å². The van der Waals surface area contributed by atoms with Crippen molar-refractivity contribution in [2.45, 2.75) is 59.3 Å². The minimum Gasteiger partial charge on any atom is -0.332 e. The molecule has 116 valence electrons. The highest BCUT2D eigenvalue weighted by atomic mass is 32.1. The van der Waals surface area contributed by atoms with E-state index in [1.54, 1.807) is 0 Å². The Morgan fingerprint density at radius 3 is 2.33 bits per heavy atom. The second-order valence-electron chi connectivity index (χ2n) is 5.43. The molecule has 21 heavy (non-hydrogen) atoms. The number of aryl methyl sites for hydroxylation is 2. The quantitative estimate of drug-likeness (QED) is 0.576. The van der Waals surface area contributed by atoms with Crippen molar-refractivity contribution in [3.05, 3.63) is 29.3 Å². The van der Waals surface area contributed by atoms with Crippen molar-refractivity contribution in [2.75, 3.05) is 5.32 Å². The van der Waals surface area contributed by atoms with E-state index in [1.807, 2.05) is 32.0 Å². The van der Waals surface area contributed by atoms with Crippen LogP contribution >= 0.6 is 12.2 Å². The summed E-state index contributed by atoms with van der Waals surface area (Å²) in [4.78, 5) is 11.8. The van der Waals surface area contributed by atoms with Gasteiger partial charge in [0.15, 0.2) is 5.11 Å². The van der Waals surface area contributed by atoms with Gasteiger partial charge in [-0.05, 0) is 43.6 Å². The molecule has 0 spiro atoms. The maximum Gasteiger partial charge on any atom is 0.226 e. The average molecular weight is 306 g/mol. The van der Waals surface area contributed by atoms with Crippen LogP contribution in [-0.4, -0.2) is 11.0 Å². The summed E-state index contributed by atoms with van der Waals surface area (Å²) >= 11 is 5.21. The maximum atomic E-state index is 11.8. The van der Waals surface area contributed by atoms with E-state index in [1.165, 1.54) is 19.3 Å². The lowest BCUT2D eigenvalue weighted by Gasteiger charge is -2.14. The third kappa shape index (κ3) is 6.71. The zero-order valence-corrected chi connectivity index (χ0v) is 14.1. The van der Waals surface area contributed by atoms with Crippen LogP contribution in [0.4, 0.5) is 5.69 Å². The average Bonchev–Trinajstić information content (AvgIpc) is 2.43. The number of rotatable bonds is 7. The van der Waals surface area contributed by atoms with Gasteiger partial charge in [0, 0.05) is 12.1 Å². The Balaban J connectivity index is 2.35. The van der Waals surface area contributed by atoms with E-state index in [4.69, 9.17) is 12.2 Å². The van der Waals surface area contributed by atoms with Gasteiger partial charge in [-0.1, -0.05) is 50.8 Å². The number of anilines is 1. The van der Waals surface area contributed by atoms with Gasteiger partial charge in [-0.25, -0.2) is 0 Å². The lowest BCUT2D eigenvalue weighted by molar-refractivity contribution is -0.119.